The van der Waals surface area contributed by atoms with Gasteiger partial charge in [-0.05, 0) is 43.7 Å². The van der Waals surface area contributed by atoms with Gasteiger partial charge in [0.1, 0.15) is 12.4 Å². The summed E-state index contributed by atoms with van der Waals surface area (Å²) < 4.78 is 18.4. The van der Waals surface area contributed by atoms with Crippen molar-refractivity contribution < 1.29 is 19.0 Å². The maximum Gasteiger partial charge on any atom is 0.234 e. The Morgan fingerprint density at radius 1 is 1.06 bits per heavy atom. The van der Waals surface area contributed by atoms with Crippen molar-refractivity contribution in [2.75, 3.05) is 25.3 Å². The van der Waals surface area contributed by atoms with E-state index in [9.17, 15) is 4.79 Å². The minimum Gasteiger partial charge on any atom is -0.495 e. The predicted molar refractivity (Wildman–Crippen MR) is 120 cm³/mol. The summed E-state index contributed by atoms with van der Waals surface area (Å²) in [7, 11) is 3.18. The Morgan fingerprint density at radius 2 is 1.81 bits per heavy atom. The maximum absolute atomic E-state index is 12.5. The molecule has 31 heavy (non-hydrogen) atoms. The van der Waals surface area contributed by atoms with E-state index in [2.05, 4.69) is 15.5 Å². The lowest BCUT2D eigenvalue weighted by molar-refractivity contribution is -0.113. The molecule has 1 N–H and O–H groups in total. The van der Waals surface area contributed by atoms with Gasteiger partial charge in [0.15, 0.2) is 22.5 Å². The predicted octanol–water partition coefficient (Wildman–Crippen LogP) is 3.93. The Kier molecular flexibility index (Phi) is 7.77. The van der Waals surface area contributed by atoms with E-state index in [0.29, 0.717) is 40.5 Å². The van der Waals surface area contributed by atoms with Crippen LogP contribution in [0.25, 0.3) is 0 Å². The summed E-state index contributed by atoms with van der Waals surface area (Å²) in [6.07, 6.45) is 0. The number of carbonyl (C=O) groups is 1. The van der Waals surface area contributed by atoms with Crippen molar-refractivity contribution in [3.63, 3.8) is 0 Å². The van der Waals surface area contributed by atoms with Crippen LogP contribution in [0.4, 0.5) is 5.69 Å². The molecule has 1 heterocycles. The number of hydrogen-bond acceptors (Lipinski definition) is 7. The second-order valence-corrected chi connectivity index (χ2v) is 7.57. The molecule has 0 atom stereocenters. The third kappa shape index (κ3) is 5.69. The van der Waals surface area contributed by atoms with Gasteiger partial charge in [0.2, 0.25) is 5.91 Å². The number of aromatic nitrogens is 3. The third-order valence-corrected chi connectivity index (χ3v) is 5.46. The van der Waals surface area contributed by atoms with E-state index in [4.69, 9.17) is 14.2 Å². The Bertz CT molecular complexity index is 1040. The fourth-order valence-corrected chi connectivity index (χ4v) is 3.79. The Labute approximate surface area is 185 Å². The molecule has 1 amide bonds. The number of methoxy groups -OCH3 is 2. The zero-order chi connectivity index (χ0) is 22.2. The van der Waals surface area contributed by atoms with E-state index in [1.54, 1.807) is 14.2 Å². The average Bonchev–Trinajstić information content (AvgIpc) is 3.18. The number of anilines is 1. The molecule has 9 heteroatoms. The number of aryl methyl sites for hydroxylation is 1. The standard InChI is InChI=1S/C22H26N4O4S/c1-5-26-20(13-30-19-9-7-6-8-18(19)29-4)24-25-22(26)31-14-21(27)23-16-12-15(2)10-11-17(16)28-3/h6-12H,5,13-14H2,1-4H3,(H,23,27). The number of nitrogens with one attached hydrogen (secondary N) is 1. The first-order valence-electron chi connectivity index (χ1n) is 9.80. The molecule has 1 aromatic heterocycles. The van der Waals surface area contributed by atoms with Crippen LogP contribution in [-0.2, 0) is 17.9 Å². The van der Waals surface area contributed by atoms with Gasteiger partial charge in [-0.3, -0.25) is 4.79 Å². The second kappa shape index (κ2) is 10.7. The first-order valence-corrected chi connectivity index (χ1v) is 10.8. The molecule has 164 valence electrons. The molecule has 2 aromatic carbocycles. The molecule has 0 saturated heterocycles. The fourth-order valence-electron chi connectivity index (χ4n) is 2.97. The normalized spacial score (nSPS) is 10.6. The van der Waals surface area contributed by atoms with Gasteiger partial charge < -0.3 is 24.1 Å². The maximum atomic E-state index is 12.5. The van der Waals surface area contributed by atoms with Gasteiger partial charge >= 0.3 is 0 Å². The lowest BCUT2D eigenvalue weighted by Crippen LogP contribution is -2.15. The van der Waals surface area contributed by atoms with Crippen LogP contribution in [-0.4, -0.2) is 40.6 Å². The summed E-state index contributed by atoms with van der Waals surface area (Å²) in [5.41, 5.74) is 1.69. The summed E-state index contributed by atoms with van der Waals surface area (Å²) in [5, 5.41) is 12.0. The minimum absolute atomic E-state index is 0.147. The summed E-state index contributed by atoms with van der Waals surface area (Å²) in [6.45, 7) is 4.86. The van der Waals surface area contributed by atoms with Gasteiger partial charge in [0.25, 0.3) is 0 Å². The van der Waals surface area contributed by atoms with Gasteiger partial charge in [-0.25, -0.2) is 0 Å². The highest BCUT2D eigenvalue weighted by atomic mass is 32.2. The molecule has 0 aliphatic rings. The van der Waals surface area contributed by atoms with E-state index in [0.717, 1.165) is 5.56 Å². The van der Waals surface area contributed by atoms with Crippen molar-refractivity contribution in [3.8, 4) is 17.2 Å². The molecular formula is C22H26N4O4S. The number of amides is 1. The number of nitrogens with zero attached hydrogens (tertiary/aromatic N) is 3. The number of para-hydroxylation sites is 2. The fraction of sp³-hybridized carbons (Fsp3) is 0.318. The Balaban J connectivity index is 1.62. The Morgan fingerprint density at radius 3 is 2.52 bits per heavy atom. The molecule has 0 fully saturated rings. The van der Waals surface area contributed by atoms with Crippen LogP contribution in [0.5, 0.6) is 17.2 Å². The van der Waals surface area contributed by atoms with Crippen LogP contribution < -0.4 is 19.5 Å². The number of ether oxygens (including phenoxy) is 3. The molecule has 0 unspecified atom stereocenters. The quantitative estimate of drug-likeness (QED) is 0.476. The number of carbonyl (C=O) groups excluding carboxylic acids is 1. The summed E-state index contributed by atoms with van der Waals surface area (Å²) in [6, 6.07) is 13.1. The Hall–Kier alpha value is -3.20. The average molecular weight is 443 g/mol. The zero-order valence-electron chi connectivity index (χ0n) is 18.0. The molecule has 3 aromatic rings. The number of thioether (sulfide) groups is 1. The van der Waals surface area contributed by atoms with Crippen molar-refractivity contribution in [2.24, 2.45) is 0 Å². The highest BCUT2D eigenvalue weighted by Gasteiger charge is 2.15. The number of benzene rings is 2. The van der Waals surface area contributed by atoms with Crippen molar-refractivity contribution in [3.05, 3.63) is 53.9 Å². The van der Waals surface area contributed by atoms with Crippen LogP contribution in [0.3, 0.4) is 0 Å². The highest BCUT2D eigenvalue weighted by molar-refractivity contribution is 7.99. The van der Waals surface area contributed by atoms with Gasteiger partial charge in [-0.15, -0.1) is 10.2 Å². The lowest BCUT2D eigenvalue weighted by atomic mass is 10.2. The summed E-state index contributed by atoms with van der Waals surface area (Å²) in [5.74, 6) is 2.64. The minimum atomic E-state index is -0.147. The summed E-state index contributed by atoms with van der Waals surface area (Å²) >= 11 is 1.32. The van der Waals surface area contributed by atoms with Crippen molar-refractivity contribution in [1.82, 2.24) is 14.8 Å². The first kappa shape index (κ1) is 22.5. The van der Waals surface area contributed by atoms with E-state index in [1.807, 2.05) is 60.9 Å². The molecular weight excluding hydrogens is 416 g/mol. The SMILES string of the molecule is CCn1c(COc2ccccc2OC)nnc1SCC(=O)Nc1cc(C)ccc1OC. The molecule has 0 aliphatic heterocycles. The van der Waals surface area contributed by atoms with Crippen LogP contribution in [0.1, 0.15) is 18.3 Å². The van der Waals surface area contributed by atoms with Crippen molar-refractivity contribution >= 4 is 23.4 Å². The first-order chi connectivity index (χ1) is 15.0. The van der Waals surface area contributed by atoms with Gasteiger partial charge in [-0.2, -0.15) is 0 Å². The third-order valence-electron chi connectivity index (χ3n) is 4.50. The van der Waals surface area contributed by atoms with E-state index in [1.165, 1.54) is 11.8 Å². The summed E-state index contributed by atoms with van der Waals surface area (Å²) in [4.78, 5) is 12.5. The van der Waals surface area contributed by atoms with E-state index >= 15 is 0 Å². The topological polar surface area (TPSA) is 87.5 Å². The molecule has 8 nitrogen and oxygen atoms in total. The second-order valence-electron chi connectivity index (χ2n) is 6.62. The van der Waals surface area contributed by atoms with Crippen LogP contribution in [0.15, 0.2) is 47.6 Å². The monoisotopic (exact) mass is 442 g/mol. The van der Waals surface area contributed by atoms with Crippen LogP contribution in [0, 0.1) is 6.92 Å². The van der Waals surface area contributed by atoms with Gasteiger partial charge in [0, 0.05) is 6.54 Å². The van der Waals surface area contributed by atoms with Crippen LogP contribution in [0.2, 0.25) is 0 Å². The molecule has 0 bridgehead atoms. The smallest absolute Gasteiger partial charge is 0.234 e. The van der Waals surface area contributed by atoms with Crippen LogP contribution >= 0.6 is 11.8 Å². The number of rotatable bonds is 10. The molecule has 0 spiro atoms. The van der Waals surface area contributed by atoms with Crippen molar-refractivity contribution in [1.29, 1.82) is 0 Å². The lowest BCUT2D eigenvalue weighted by Gasteiger charge is -2.12. The van der Waals surface area contributed by atoms with E-state index < -0.39 is 0 Å². The number of hydrogen-bond donors (Lipinski definition) is 1. The molecule has 0 saturated carbocycles. The van der Waals surface area contributed by atoms with Crippen molar-refractivity contribution in [2.45, 2.75) is 32.2 Å². The molecule has 0 radical (unpaired) electrons. The molecule has 3 rings (SSSR count). The molecule has 0 aliphatic carbocycles. The highest BCUT2D eigenvalue weighted by Crippen LogP contribution is 2.28. The largest absolute Gasteiger partial charge is 0.495 e. The zero-order valence-corrected chi connectivity index (χ0v) is 18.9. The van der Waals surface area contributed by atoms with Gasteiger partial charge in [-0.1, -0.05) is 30.0 Å². The van der Waals surface area contributed by atoms with Gasteiger partial charge in [0.05, 0.1) is 25.7 Å². The van der Waals surface area contributed by atoms with E-state index in [-0.39, 0.29) is 18.3 Å².